The van der Waals surface area contributed by atoms with Crippen LogP contribution in [-0.2, 0) is 4.74 Å². The largest absolute Gasteiger partial charge is 0.373 e. The van der Waals surface area contributed by atoms with Crippen LogP contribution in [0.1, 0.15) is 58.3 Å². The lowest BCUT2D eigenvalue weighted by molar-refractivity contribution is 0.192. The molecule has 0 aromatic carbocycles. The third-order valence-corrected chi connectivity index (χ3v) is 8.88. The zero-order valence-corrected chi connectivity index (χ0v) is 15.1. The average Bonchev–Trinajstić information content (AvgIpc) is 2.96. The van der Waals surface area contributed by atoms with Crippen LogP contribution < -0.4 is 0 Å². The SMILES string of the molecule is CC1CC2C=C(CC3CC4CC3C3CC=C(CCC5CO5)C43)C1C2. The topological polar surface area (TPSA) is 12.5 Å². The van der Waals surface area contributed by atoms with Gasteiger partial charge in [-0.3, -0.25) is 0 Å². The number of ether oxygens (including phenoxy) is 1. The molecule has 1 saturated heterocycles. The Kier molecular flexibility index (Phi) is 3.18. The smallest absolute Gasteiger partial charge is 0.0813 e. The summed E-state index contributed by atoms with van der Waals surface area (Å²) in [7, 11) is 0. The van der Waals surface area contributed by atoms with Gasteiger partial charge in [0, 0.05) is 0 Å². The van der Waals surface area contributed by atoms with Crippen molar-refractivity contribution in [3.05, 3.63) is 23.3 Å². The Labute approximate surface area is 146 Å². The number of allylic oxidation sites excluding steroid dienone is 4. The summed E-state index contributed by atoms with van der Waals surface area (Å²) in [5.74, 6) is 8.05. The third kappa shape index (κ3) is 2.16. The molecular formula is C23H32O. The summed E-state index contributed by atoms with van der Waals surface area (Å²) in [6.07, 6.45) is 17.6. The van der Waals surface area contributed by atoms with Crippen molar-refractivity contribution in [2.75, 3.05) is 6.61 Å². The normalized spacial score (nSPS) is 53.5. The molecule has 0 radical (unpaired) electrons. The van der Waals surface area contributed by atoms with Gasteiger partial charge in [0.15, 0.2) is 0 Å². The average molecular weight is 325 g/mol. The maximum absolute atomic E-state index is 5.43. The molecule has 1 aliphatic heterocycles. The lowest BCUT2D eigenvalue weighted by atomic mass is 9.70. The van der Waals surface area contributed by atoms with Crippen LogP contribution >= 0.6 is 0 Å². The van der Waals surface area contributed by atoms with Gasteiger partial charge < -0.3 is 4.74 Å². The second-order valence-corrected chi connectivity index (χ2v) is 10.1. The molecule has 0 aromatic heterocycles. The van der Waals surface area contributed by atoms with Crippen molar-refractivity contribution in [1.82, 2.24) is 0 Å². The number of hydrogen-bond donors (Lipinski definition) is 0. The first-order valence-electron chi connectivity index (χ1n) is 10.8. The van der Waals surface area contributed by atoms with Gasteiger partial charge in [-0.1, -0.05) is 30.2 Å². The molecule has 0 aromatic rings. The number of hydrogen-bond acceptors (Lipinski definition) is 1. The zero-order valence-electron chi connectivity index (χ0n) is 15.1. The highest BCUT2D eigenvalue weighted by molar-refractivity contribution is 5.26. The summed E-state index contributed by atoms with van der Waals surface area (Å²) in [6, 6.07) is 0. The minimum Gasteiger partial charge on any atom is -0.373 e. The van der Waals surface area contributed by atoms with Crippen LogP contribution in [0.25, 0.3) is 0 Å². The van der Waals surface area contributed by atoms with E-state index in [1.807, 2.05) is 11.1 Å². The molecule has 3 saturated carbocycles. The van der Waals surface area contributed by atoms with E-state index in [1.54, 1.807) is 12.8 Å². The lowest BCUT2D eigenvalue weighted by Gasteiger charge is -2.35. The summed E-state index contributed by atoms with van der Waals surface area (Å²) in [6.45, 7) is 3.54. The first-order chi connectivity index (χ1) is 11.8. The molecular weight excluding hydrogens is 292 g/mol. The summed E-state index contributed by atoms with van der Waals surface area (Å²) in [4.78, 5) is 0. The van der Waals surface area contributed by atoms with E-state index in [0.29, 0.717) is 6.10 Å². The molecule has 0 amide bonds. The van der Waals surface area contributed by atoms with E-state index in [0.717, 1.165) is 54.0 Å². The van der Waals surface area contributed by atoms with E-state index in [4.69, 9.17) is 4.74 Å². The van der Waals surface area contributed by atoms with Crippen molar-refractivity contribution in [2.45, 2.75) is 64.4 Å². The van der Waals surface area contributed by atoms with Crippen LogP contribution in [0.5, 0.6) is 0 Å². The highest BCUT2D eigenvalue weighted by atomic mass is 16.6. The summed E-state index contributed by atoms with van der Waals surface area (Å²) in [5, 5.41) is 0. The number of fused-ring (bicyclic) bond motifs is 7. The quantitative estimate of drug-likeness (QED) is 0.489. The van der Waals surface area contributed by atoms with Crippen LogP contribution in [-0.4, -0.2) is 12.7 Å². The summed E-state index contributed by atoms with van der Waals surface area (Å²) < 4.78 is 5.43. The molecule has 1 heterocycles. The van der Waals surface area contributed by atoms with Crippen LogP contribution in [0.15, 0.2) is 23.3 Å². The Hall–Kier alpha value is -0.560. The fourth-order valence-electron chi connectivity index (χ4n) is 7.92. The molecule has 6 rings (SSSR count). The van der Waals surface area contributed by atoms with E-state index < -0.39 is 0 Å². The minimum absolute atomic E-state index is 0.614. The zero-order chi connectivity index (χ0) is 15.8. The number of rotatable bonds is 5. The van der Waals surface area contributed by atoms with E-state index in [9.17, 15) is 0 Å². The molecule has 130 valence electrons. The van der Waals surface area contributed by atoms with Gasteiger partial charge in [-0.25, -0.2) is 0 Å². The molecule has 9 atom stereocenters. The van der Waals surface area contributed by atoms with Crippen molar-refractivity contribution < 1.29 is 4.74 Å². The molecule has 4 fully saturated rings. The van der Waals surface area contributed by atoms with Crippen molar-refractivity contribution in [2.24, 2.45) is 47.3 Å². The van der Waals surface area contributed by atoms with E-state index in [2.05, 4.69) is 19.1 Å². The van der Waals surface area contributed by atoms with Gasteiger partial charge in [-0.2, -0.15) is 0 Å². The first-order valence-corrected chi connectivity index (χ1v) is 10.8. The second-order valence-electron chi connectivity index (χ2n) is 10.1. The molecule has 4 bridgehead atoms. The van der Waals surface area contributed by atoms with Gasteiger partial charge in [0.25, 0.3) is 0 Å². The van der Waals surface area contributed by atoms with Gasteiger partial charge in [-0.05, 0) is 98.7 Å². The number of epoxide rings is 1. The Morgan fingerprint density at radius 2 is 2.00 bits per heavy atom. The van der Waals surface area contributed by atoms with Gasteiger partial charge in [0.2, 0.25) is 0 Å². The van der Waals surface area contributed by atoms with Crippen LogP contribution in [0.2, 0.25) is 0 Å². The molecule has 5 aliphatic carbocycles. The second kappa shape index (κ2) is 5.22. The fourth-order valence-corrected chi connectivity index (χ4v) is 7.92. The Morgan fingerprint density at radius 3 is 2.79 bits per heavy atom. The molecule has 6 aliphatic rings. The first kappa shape index (κ1) is 14.6. The van der Waals surface area contributed by atoms with Crippen molar-refractivity contribution in [1.29, 1.82) is 0 Å². The van der Waals surface area contributed by atoms with Gasteiger partial charge in [0.1, 0.15) is 0 Å². The predicted molar refractivity (Wildman–Crippen MR) is 96.4 cm³/mol. The molecule has 1 heteroatoms. The standard InChI is InChI=1S/C23H32O/c1-13-6-14-7-16(21(13)8-14)9-17-10-18-11-22(17)20-5-3-15(23(18)20)2-4-19-12-24-19/h3,7,13-14,17-23H,2,4-6,8-12H2,1H3. The molecule has 1 nitrogen and oxygen atoms in total. The van der Waals surface area contributed by atoms with E-state index in [1.165, 1.54) is 38.5 Å². The molecule has 0 N–H and O–H groups in total. The summed E-state index contributed by atoms with van der Waals surface area (Å²) >= 11 is 0. The Morgan fingerprint density at radius 1 is 1.08 bits per heavy atom. The van der Waals surface area contributed by atoms with Crippen molar-refractivity contribution in [3.8, 4) is 0 Å². The van der Waals surface area contributed by atoms with E-state index >= 15 is 0 Å². The Bertz CT molecular complexity index is 597. The summed E-state index contributed by atoms with van der Waals surface area (Å²) in [5.41, 5.74) is 3.74. The maximum atomic E-state index is 5.43. The highest BCUT2D eigenvalue weighted by Gasteiger charge is 2.55. The third-order valence-electron chi connectivity index (χ3n) is 8.88. The monoisotopic (exact) mass is 324 g/mol. The van der Waals surface area contributed by atoms with Gasteiger partial charge >= 0.3 is 0 Å². The maximum Gasteiger partial charge on any atom is 0.0813 e. The van der Waals surface area contributed by atoms with Crippen LogP contribution in [0.3, 0.4) is 0 Å². The molecule has 9 unspecified atom stereocenters. The predicted octanol–water partition coefficient (Wildman–Crippen LogP) is 5.38. The Balaban J connectivity index is 1.12. The van der Waals surface area contributed by atoms with Crippen LogP contribution in [0, 0.1) is 47.3 Å². The molecule has 0 spiro atoms. The fraction of sp³-hybridized carbons (Fsp3) is 0.826. The highest BCUT2D eigenvalue weighted by Crippen LogP contribution is 2.63. The van der Waals surface area contributed by atoms with Gasteiger partial charge in [-0.15, -0.1) is 0 Å². The van der Waals surface area contributed by atoms with Gasteiger partial charge in [0.05, 0.1) is 12.7 Å². The molecule has 24 heavy (non-hydrogen) atoms. The van der Waals surface area contributed by atoms with Crippen molar-refractivity contribution in [3.63, 3.8) is 0 Å². The van der Waals surface area contributed by atoms with Crippen LogP contribution in [0.4, 0.5) is 0 Å². The van der Waals surface area contributed by atoms with Crippen molar-refractivity contribution >= 4 is 0 Å². The lowest BCUT2D eigenvalue weighted by Crippen LogP contribution is -2.27. The van der Waals surface area contributed by atoms with E-state index in [-0.39, 0.29) is 0 Å². The minimum atomic E-state index is 0.614.